The molecule has 1 fully saturated rings. The maximum absolute atomic E-state index is 12.4. The molecule has 0 atom stereocenters. The number of nitrogen functional groups attached to an aromatic ring is 1. The first-order valence-corrected chi connectivity index (χ1v) is 6.26. The Hall–Kier alpha value is -1.69. The molecular formula is C13H20N4O2. The second-order valence-corrected chi connectivity index (χ2v) is 6.11. The van der Waals surface area contributed by atoms with Crippen LogP contribution < -0.4 is 5.73 Å². The van der Waals surface area contributed by atoms with Gasteiger partial charge in [-0.1, -0.05) is 0 Å². The van der Waals surface area contributed by atoms with Crippen LogP contribution in [0.1, 0.15) is 38.2 Å². The zero-order chi connectivity index (χ0) is 14.3. The Kier molecular flexibility index (Phi) is 3.22. The van der Waals surface area contributed by atoms with E-state index in [4.69, 9.17) is 10.5 Å². The quantitative estimate of drug-likeness (QED) is 0.821. The van der Waals surface area contributed by atoms with Crippen molar-refractivity contribution in [2.45, 2.75) is 38.9 Å². The maximum atomic E-state index is 12.4. The van der Waals surface area contributed by atoms with Crippen molar-refractivity contribution in [1.82, 2.24) is 14.9 Å². The van der Waals surface area contributed by atoms with Gasteiger partial charge in [-0.2, -0.15) is 0 Å². The number of aromatic nitrogens is 2. The van der Waals surface area contributed by atoms with E-state index in [0.29, 0.717) is 13.1 Å². The summed E-state index contributed by atoms with van der Waals surface area (Å²) in [4.78, 5) is 22.1. The van der Waals surface area contributed by atoms with Crippen molar-refractivity contribution in [3.8, 4) is 0 Å². The number of carbonyl (C=O) groups is 1. The molecule has 0 saturated carbocycles. The Morgan fingerprint density at radius 2 is 1.84 bits per heavy atom. The van der Waals surface area contributed by atoms with Crippen LogP contribution in [0.25, 0.3) is 0 Å². The number of morpholine rings is 1. The predicted molar refractivity (Wildman–Crippen MR) is 71.6 cm³/mol. The van der Waals surface area contributed by atoms with Crippen LogP contribution in [0.4, 0.5) is 5.82 Å². The number of hydrogen-bond acceptors (Lipinski definition) is 5. The van der Waals surface area contributed by atoms with Gasteiger partial charge < -0.3 is 15.4 Å². The molecule has 2 N–H and O–H groups in total. The summed E-state index contributed by atoms with van der Waals surface area (Å²) < 4.78 is 5.95. The number of carbonyl (C=O) groups excluding carboxylic acids is 1. The number of hydrogen-bond donors (Lipinski definition) is 1. The van der Waals surface area contributed by atoms with E-state index in [-0.39, 0.29) is 28.6 Å². The van der Waals surface area contributed by atoms with Gasteiger partial charge in [0.2, 0.25) is 0 Å². The number of ether oxygens (including phenoxy) is 1. The van der Waals surface area contributed by atoms with Crippen molar-refractivity contribution in [2.75, 3.05) is 18.8 Å². The molecule has 0 spiro atoms. The van der Waals surface area contributed by atoms with Crippen LogP contribution in [-0.4, -0.2) is 45.1 Å². The summed E-state index contributed by atoms with van der Waals surface area (Å²) in [5, 5.41) is 0. The summed E-state index contributed by atoms with van der Waals surface area (Å²) in [5.41, 5.74) is 5.07. The van der Waals surface area contributed by atoms with Gasteiger partial charge in [-0.15, -0.1) is 0 Å². The molecular weight excluding hydrogens is 244 g/mol. The molecule has 6 heteroatoms. The highest BCUT2D eigenvalue weighted by atomic mass is 16.5. The largest absolute Gasteiger partial charge is 0.382 e. The molecule has 1 aliphatic rings. The first kappa shape index (κ1) is 13.7. The molecule has 1 aliphatic heterocycles. The lowest BCUT2D eigenvalue weighted by Crippen LogP contribution is -2.58. The third kappa shape index (κ3) is 3.20. The number of nitrogens with zero attached hydrogens (tertiary/aromatic N) is 3. The molecule has 0 bridgehead atoms. The minimum Gasteiger partial charge on any atom is -0.382 e. The normalized spacial score (nSPS) is 21.2. The van der Waals surface area contributed by atoms with E-state index in [0.717, 1.165) is 0 Å². The summed E-state index contributed by atoms with van der Waals surface area (Å²) in [5.74, 6) is 0.0851. The van der Waals surface area contributed by atoms with E-state index in [2.05, 4.69) is 9.97 Å². The zero-order valence-corrected chi connectivity index (χ0v) is 11.8. The Balaban J connectivity index is 2.24. The molecule has 6 nitrogen and oxygen atoms in total. The monoisotopic (exact) mass is 264 g/mol. The van der Waals surface area contributed by atoms with Gasteiger partial charge in [0.25, 0.3) is 5.91 Å². The topological polar surface area (TPSA) is 81.3 Å². The second kappa shape index (κ2) is 4.45. The summed E-state index contributed by atoms with van der Waals surface area (Å²) in [7, 11) is 0. The molecule has 104 valence electrons. The van der Waals surface area contributed by atoms with Crippen molar-refractivity contribution >= 4 is 11.7 Å². The molecule has 0 aromatic carbocycles. The average Bonchev–Trinajstić information content (AvgIpc) is 2.23. The lowest BCUT2D eigenvalue weighted by atomic mass is 9.98. The fourth-order valence-corrected chi connectivity index (χ4v) is 2.58. The van der Waals surface area contributed by atoms with E-state index in [1.165, 1.54) is 12.4 Å². The van der Waals surface area contributed by atoms with Crippen LogP contribution in [0.5, 0.6) is 0 Å². The standard InChI is InChI=1S/C13H20N4O2/c1-12(2)7-17(8-13(3,4)19-12)11(18)9-5-15-6-10(14)16-9/h5-6H,7-8H2,1-4H3,(H2,14,16). The Bertz CT molecular complexity index is 483. The lowest BCUT2D eigenvalue weighted by Gasteiger charge is -2.47. The van der Waals surface area contributed by atoms with Gasteiger partial charge in [0.05, 0.1) is 23.6 Å². The number of amides is 1. The third-order valence-electron chi connectivity index (χ3n) is 2.86. The van der Waals surface area contributed by atoms with Crippen LogP contribution >= 0.6 is 0 Å². The third-order valence-corrected chi connectivity index (χ3v) is 2.86. The highest BCUT2D eigenvalue weighted by molar-refractivity contribution is 5.92. The van der Waals surface area contributed by atoms with Gasteiger partial charge >= 0.3 is 0 Å². The van der Waals surface area contributed by atoms with E-state index in [9.17, 15) is 4.79 Å². The Morgan fingerprint density at radius 3 is 2.37 bits per heavy atom. The lowest BCUT2D eigenvalue weighted by molar-refractivity contribution is -0.171. The number of anilines is 1. The highest BCUT2D eigenvalue weighted by Gasteiger charge is 2.40. The molecule has 1 amide bonds. The zero-order valence-electron chi connectivity index (χ0n) is 11.8. The Labute approximate surface area is 113 Å². The van der Waals surface area contributed by atoms with Crippen molar-refractivity contribution in [2.24, 2.45) is 0 Å². The SMILES string of the molecule is CC1(C)CN(C(=O)c2cncc(N)n2)CC(C)(C)O1. The highest BCUT2D eigenvalue weighted by Crippen LogP contribution is 2.28. The number of rotatable bonds is 1. The van der Waals surface area contributed by atoms with Gasteiger partial charge in [0, 0.05) is 13.1 Å². The molecule has 2 heterocycles. The summed E-state index contributed by atoms with van der Waals surface area (Å²) >= 11 is 0. The van der Waals surface area contributed by atoms with Crippen LogP contribution in [0.3, 0.4) is 0 Å². The molecule has 0 aliphatic carbocycles. The molecule has 19 heavy (non-hydrogen) atoms. The van der Waals surface area contributed by atoms with Crippen LogP contribution in [0.2, 0.25) is 0 Å². The second-order valence-electron chi connectivity index (χ2n) is 6.11. The van der Waals surface area contributed by atoms with Crippen molar-refractivity contribution in [1.29, 1.82) is 0 Å². The summed E-state index contributed by atoms with van der Waals surface area (Å²) in [6, 6.07) is 0. The van der Waals surface area contributed by atoms with Crippen molar-refractivity contribution < 1.29 is 9.53 Å². The molecule has 0 radical (unpaired) electrons. The van der Waals surface area contributed by atoms with Gasteiger partial charge in [-0.25, -0.2) is 4.98 Å². The van der Waals surface area contributed by atoms with Crippen molar-refractivity contribution in [3.05, 3.63) is 18.1 Å². The van der Waals surface area contributed by atoms with Crippen LogP contribution in [0, 0.1) is 0 Å². The molecule has 0 unspecified atom stereocenters. The smallest absolute Gasteiger partial charge is 0.274 e. The summed E-state index contributed by atoms with van der Waals surface area (Å²) in [6.07, 6.45) is 2.86. The molecule has 1 aromatic heterocycles. The number of nitrogens with two attached hydrogens (primary N) is 1. The fourth-order valence-electron chi connectivity index (χ4n) is 2.58. The summed E-state index contributed by atoms with van der Waals surface area (Å²) in [6.45, 7) is 8.92. The molecule has 1 aromatic rings. The van der Waals surface area contributed by atoms with Crippen molar-refractivity contribution in [3.63, 3.8) is 0 Å². The minimum absolute atomic E-state index is 0.163. The minimum atomic E-state index is -0.384. The van der Waals surface area contributed by atoms with E-state index < -0.39 is 0 Å². The van der Waals surface area contributed by atoms with E-state index >= 15 is 0 Å². The Morgan fingerprint density at radius 1 is 1.26 bits per heavy atom. The van der Waals surface area contributed by atoms with Gasteiger partial charge in [0.1, 0.15) is 11.5 Å². The van der Waals surface area contributed by atoms with Gasteiger partial charge in [-0.05, 0) is 27.7 Å². The first-order valence-electron chi connectivity index (χ1n) is 6.26. The molecule has 1 saturated heterocycles. The van der Waals surface area contributed by atoms with Crippen LogP contribution in [0.15, 0.2) is 12.4 Å². The van der Waals surface area contributed by atoms with Gasteiger partial charge in [0.15, 0.2) is 0 Å². The van der Waals surface area contributed by atoms with Crippen LogP contribution in [-0.2, 0) is 4.74 Å². The average molecular weight is 264 g/mol. The van der Waals surface area contributed by atoms with E-state index in [1.54, 1.807) is 4.90 Å². The van der Waals surface area contributed by atoms with Gasteiger partial charge in [-0.3, -0.25) is 9.78 Å². The fraction of sp³-hybridized carbons (Fsp3) is 0.615. The first-order chi connectivity index (χ1) is 8.69. The maximum Gasteiger partial charge on any atom is 0.274 e. The predicted octanol–water partition coefficient (Wildman–Crippen LogP) is 1.09. The van der Waals surface area contributed by atoms with E-state index in [1.807, 2.05) is 27.7 Å². The molecule has 2 rings (SSSR count).